The van der Waals surface area contributed by atoms with E-state index in [1.165, 1.54) is 11.3 Å². The Balaban J connectivity index is 2.27. The summed E-state index contributed by atoms with van der Waals surface area (Å²) in [5.41, 5.74) is 2.41. The van der Waals surface area contributed by atoms with Crippen molar-refractivity contribution in [3.8, 4) is 0 Å². The van der Waals surface area contributed by atoms with Gasteiger partial charge in [-0.3, -0.25) is 0 Å². The first-order valence-electron chi connectivity index (χ1n) is 7.29. The van der Waals surface area contributed by atoms with Crippen LogP contribution in [-0.2, 0) is 0 Å². The van der Waals surface area contributed by atoms with Gasteiger partial charge in [0.05, 0.1) is 10.7 Å². The molecule has 0 saturated carbocycles. The minimum Gasteiger partial charge on any atom is -0.365 e. The maximum absolute atomic E-state index is 6.45. The van der Waals surface area contributed by atoms with Crippen molar-refractivity contribution < 1.29 is 0 Å². The number of piperazine rings is 1. The Kier molecular flexibility index (Phi) is 4.75. The molecule has 0 aromatic heterocycles. The highest BCUT2D eigenvalue weighted by atomic mass is 35.5. The van der Waals surface area contributed by atoms with Crippen LogP contribution in [0.2, 0.25) is 5.02 Å². The molecule has 2 unspecified atom stereocenters. The molecule has 2 atom stereocenters. The molecule has 0 radical (unpaired) electrons. The van der Waals surface area contributed by atoms with Gasteiger partial charge in [-0.05, 0) is 37.0 Å². The molecule has 0 amide bonds. The predicted octanol–water partition coefficient (Wildman–Crippen LogP) is 3.86. The van der Waals surface area contributed by atoms with E-state index < -0.39 is 0 Å². The first kappa shape index (κ1) is 14.7. The smallest absolute Gasteiger partial charge is 0.0642 e. The highest BCUT2D eigenvalue weighted by molar-refractivity contribution is 6.33. The highest BCUT2D eigenvalue weighted by Crippen LogP contribution is 2.31. The average molecular weight is 281 g/mol. The SMILES string of the molecule is CCC1CNC(C(C)C)CN1c1ccc(C)cc1Cl. The number of halogens is 1. The van der Waals surface area contributed by atoms with Crippen molar-refractivity contribution in [1.82, 2.24) is 5.32 Å². The topological polar surface area (TPSA) is 15.3 Å². The molecular weight excluding hydrogens is 256 g/mol. The molecule has 2 nitrogen and oxygen atoms in total. The van der Waals surface area contributed by atoms with E-state index in [4.69, 9.17) is 11.6 Å². The lowest BCUT2D eigenvalue weighted by atomic mass is 9.97. The lowest BCUT2D eigenvalue weighted by Gasteiger charge is -2.43. The van der Waals surface area contributed by atoms with Gasteiger partial charge in [0, 0.05) is 25.2 Å². The average Bonchev–Trinajstić information content (AvgIpc) is 2.38. The Morgan fingerprint density at radius 2 is 2.16 bits per heavy atom. The summed E-state index contributed by atoms with van der Waals surface area (Å²) >= 11 is 6.45. The van der Waals surface area contributed by atoms with Crippen molar-refractivity contribution in [3.63, 3.8) is 0 Å². The number of hydrogen-bond donors (Lipinski definition) is 1. The molecule has 3 heteroatoms. The van der Waals surface area contributed by atoms with Crippen LogP contribution in [0.5, 0.6) is 0 Å². The maximum Gasteiger partial charge on any atom is 0.0642 e. The second-order valence-electron chi connectivity index (χ2n) is 5.93. The number of aryl methyl sites for hydroxylation is 1. The molecule has 1 aliphatic rings. The summed E-state index contributed by atoms with van der Waals surface area (Å²) in [5.74, 6) is 0.643. The van der Waals surface area contributed by atoms with Gasteiger partial charge in [-0.25, -0.2) is 0 Å². The molecule has 0 bridgehead atoms. The maximum atomic E-state index is 6.45. The van der Waals surface area contributed by atoms with Crippen LogP contribution < -0.4 is 10.2 Å². The van der Waals surface area contributed by atoms with Gasteiger partial charge in [0.1, 0.15) is 0 Å². The molecule has 1 aromatic carbocycles. The minimum atomic E-state index is 0.537. The van der Waals surface area contributed by atoms with E-state index in [1.54, 1.807) is 0 Å². The normalized spacial score (nSPS) is 24.0. The molecule has 1 aromatic rings. The molecule has 1 heterocycles. The van der Waals surface area contributed by atoms with Crippen molar-refractivity contribution in [2.45, 2.75) is 46.2 Å². The zero-order chi connectivity index (χ0) is 14.0. The summed E-state index contributed by atoms with van der Waals surface area (Å²) < 4.78 is 0. The number of anilines is 1. The molecule has 106 valence electrons. The molecule has 1 aliphatic heterocycles. The van der Waals surface area contributed by atoms with E-state index in [1.807, 2.05) is 0 Å². The van der Waals surface area contributed by atoms with E-state index >= 15 is 0 Å². The van der Waals surface area contributed by atoms with Crippen molar-refractivity contribution >= 4 is 17.3 Å². The van der Waals surface area contributed by atoms with Gasteiger partial charge in [-0.1, -0.05) is 38.4 Å². The molecule has 0 aliphatic carbocycles. The zero-order valence-electron chi connectivity index (χ0n) is 12.4. The number of rotatable bonds is 3. The Morgan fingerprint density at radius 1 is 1.42 bits per heavy atom. The van der Waals surface area contributed by atoms with Crippen molar-refractivity contribution in [3.05, 3.63) is 28.8 Å². The van der Waals surface area contributed by atoms with Crippen molar-refractivity contribution in [2.75, 3.05) is 18.0 Å². The van der Waals surface area contributed by atoms with E-state index in [0.717, 1.165) is 24.5 Å². The zero-order valence-corrected chi connectivity index (χ0v) is 13.2. The van der Waals surface area contributed by atoms with Crippen LogP contribution in [0.1, 0.15) is 32.8 Å². The van der Waals surface area contributed by atoms with E-state index in [0.29, 0.717) is 18.0 Å². The van der Waals surface area contributed by atoms with Gasteiger partial charge in [0.2, 0.25) is 0 Å². The van der Waals surface area contributed by atoms with Crippen LogP contribution in [-0.4, -0.2) is 25.2 Å². The van der Waals surface area contributed by atoms with Crippen molar-refractivity contribution in [1.29, 1.82) is 0 Å². The number of nitrogens with zero attached hydrogens (tertiary/aromatic N) is 1. The Hall–Kier alpha value is -0.730. The molecule has 1 N–H and O–H groups in total. The monoisotopic (exact) mass is 280 g/mol. The van der Waals surface area contributed by atoms with Crippen LogP contribution in [0.4, 0.5) is 5.69 Å². The molecule has 19 heavy (non-hydrogen) atoms. The number of hydrogen-bond acceptors (Lipinski definition) is 2. The quantitative estimate of drug-likeness (QED) is 0.904. The molecule has 1 fully saturated rings. The van der Waals surface area contributed by atoms with Crippen LogP contribution in [0.15, 0.2) is 18.2 Å². The van der Waals surface area contributed by atoms with Gasteiger partial charge in [-0.15, -0.1) is 0 Å². The van der Waals surface area contributed by atoms with Crippen LogP contribution >= 0.6 is 11.6 Å². The summed E-state index contributed by atoms with van der Waals surface area (Å²) in [5, 5.41) is 4.54. The van der Waals surface area contributed by atoms with E-state index in [2.05, 4.69) is 56.1 Å². The third-order valence-electron chi connectivity index (χ3n) is 4.14. The molecular formula is C16H25ClN2. The Bertz CT molecular complexity index is 431. The second-order valence-corrected chi connectivity index (χ2v) is 6.34. The van der Waals surface area contributed by atoms with Gasteiger partial charge in [-0.2, -0.15) is 0 Å². The molecule has 2 rings (SSSR count). The van der Waals surface area contributed by atoms with E-state index in [9.17, 15) is 0 Å². The Labute approximate surface area is 122 Å². The minimum absolute atomic E-state index is 0.537. The van der Waals surface area contributed by atoms with Crippen molar-refractivity contribution in [2.24, 2.45) is 5.92 Å². The Morgan fingerprint density at radius 3 is 2.74 bits per heavy atom. The number of nitrogens with one attached hydrogen (secondary N) is 1. The summed E-state index contributed by atoms with van der Waals surface area (Å²) in [7, 11) is 0. The number of benzene rings is 1. The lowest BCUT2D eigenvalue weighted by Crippen LogP contribution is -2.58. The standard InChI is InChI=1S/C16H25ClN2/c1-5-13-9-18-15(11(2)3)10-19(13)16-7-6-12(4)8-14(16)17/h6-8,11,13,15,18H,5,9-10H2,1-4H3. The summed E-state index contributed by atoms with van der Waals surface area (Å²) in [6, 6.07) is 7.47. The van der Waals surface area contributed by atoms with Gasteiger partial charge in [0.25, 0.3) is 0 Å². The fourth-order valence-corrected chi connectivity index (χ4v) is 3.12. The van der Waals surface area contributed by atoms with E-state index in [-0.39, 0.29) is 0 Å². The predicted molar refractivity (Wildman–Crippen MR) is 84.2 cm³/mol. The fraction of sp³-hybridized carbons (Fsp3) is 0.625. The van der Waals surface area contributed by atoms with Gasteiger partial charge >= 0.3 is 0 Å². The van der Waals surface area contributed by atoms with Gasteiger partial charge in [0.15, 0.2) is 0 Å². The first-order valence-corrected chi connectivity index (χ1v) is 7.67. The van der Waals surface area contributed by atoms with Crippen LogP contribution in [0.3, 0.4) is 0 Å². The molecule has 0 spiro atoms. The summed E-state index contributed by atoms with van der Waals surface area (Å²) in [6.07, 6.45) is 1.14. The second kappa shape index (κ2) is 6.15. The molecule has 1 saturated heterocycles. The third-order valence-corrected chi connectivity index (χ3v) is 4.44. The van der Waals surface area contributed by atoms with Gasteiger partial charge < -0.3 is 10.2 Å². The third kappa shape index (κ3) is 3.24. The van der Waals surface area contributed by atoms with Crippen LogP contribution in [0.25, 0.3) is 0 Å². The lowest BCUT2D eigenvalue weighted by molar-refractivity contribution is 0.325. The first-order chi connectivity index (χ1) is 9.02. The fourth-order valence-electron chi connectivity index (χ4n) is 2.77. The largest absolute Gasteiger partial charge is 0.365 e. The summed E-state index contributed by atoms with van der Waals surface area (Å²) in [4.78, 5) is 2.49. The summed E-state index contributed by atoms with van der Waals surface area (Å²) in [6.45, 7) is 11.0. The highest BCUT2D eigenvalue weighted by Gasteiger charge is 2.29. The van der Waals surface area contributed by atoms with Crippen LogP contribution in [0, 0.1) is 12.8 Å².